The minimum absolute atomic E-state index is 0.00862. The number of hydrogen-bond donors (Lipinski definition) is 0. The van der Waals surface area contributed by atoms with E-state index in [1.807, 2.05) is 30.3 Å². The predicted octanol–water partition coefficient (Wildman–Crippen LogP) is 4.03. The van der Waals surface area contributed by atoms with Crippen LogP contribution < -0.4 is 0 Å². The first-order valence-electron chi connectivity index (χ1n) is 6.73. The number of nitrogens with zero attached hydrogens (tertiary/aromatic N) is 3. The molecule has 0 spiro atoms. The van der Waals surface area contributed by atoms with Gasteiger partial charge in [0.15, 0.2) is 5.65 Å². The van der Waals surface area contributed by atoms with Gasteiger partial charge >= 0.3 is 0 Å². The fourth-order valence-corrected chi connectivity index (χ4v) is 2.56. The number of rotatable bonds is 3. The molecule has 0 radical (unpaired) electrons. The molecule has 5 heteroatoms. The highest BCUT2D eigenvalue weighted by molar-refractivity contribution is 5.82. The van der Waals surface area contributed by atoms with Crippen LogP contribution in [0.2, 0.25) is 0 Å². The molecule has 108 valence electrons. The lowest BCUT2D eigenvalue weighted by Gasteiger charge is -2.06. The first-order valence-corrected chi connectivity index (χ1v) is 6.73. The van der Waals surface area contributed by atoms with Crippen LogP contribution in [0.15, 0.2) is 36.4 Å². The van der Waals surface area contributed by atoms with Crippen molar-refractivity contribution in [1.82, 2.24) is 14.8 Å². The highest BCUT2D eigenvalue weighted by atomic mass is 19.3. The third kappa shape index (κ3) is 2.51. The Hall–Kier alpha value is -2.30. The van der Waals surface area contributed by atoms with Crippen molar-refractivity contribution < 1.29 is 8.78 Å². The second kappa shape index (κ2) is 5.24. The van der Waals surface area contributed by atoms with Crippen molar-refractivity contribution in [2.24, 2.45) is 0 Å². The zero-order chi connectivity index (χ0) is 15.0. The van der Waals surface area contributed by atoms with Gasteiger partial charge in [0, 0.05) is 11.3 Å². The van der Waals surface area contributed by atoms with Crippen LogP contribution in [0.5, 0.6) is 0 Å². The number of pyridine rings is 1. The van der Waals surface area contributed by atoms with Crippen LogP contribution in [-0.4, -0.2) is 14.8 Å². The molecule has 0 aliphatic carbocycles. The van der Waals surface area contributed by atoms with Crippen molar-refractivity contribution in [3.05, 3.63) is 58.9 Å². The van der Waals surface area contributed by atoms with Gasteiger partial charge in [-0.05, 0) is 25.5 Å². The minimum Gasteiger partial charge on any atom is -0.243 e. The monoisotopic (exact) mass is 287 g/mol. The summed E-state index contributed by atoms with van der Waals surface area (Å²) in [5, 5.41) is 4.85. The van der Waals surface area contributed by atoms with Crippen molar-refractivity contribution in [1.29, 1.82) is 0 Å². The van der Waals surface area contributed by atoms with E-state index in [4.69, 9.17) is 0 Å². The Morgan fingerprint density at radius 2 is 1.86 bits per heavy atom. The summed E-state index contributed by atoms with van der Waals surface area (Å²) >= 11 is 0. The minimum atomic E-state index is -2.53. The molecule has 0 aliphatic heterocycles. The lowest BCUT2D eigenvalue weighted by molar-refractivity contribution is 0.153. The lowest BCUT2D eigenvalue weighted by atomic mass is 10.1. The molecular weight excluding hydrogens is 272 g/mol. The third-order valence-corrected chi connectivity index (χ3v) is 3.45. The van der Waals surface area contributed by atoms with Gasteiger partial charge in [0.2, 0.25) is 0 Å². The zero-order valence-corrected chi connectivity index (χ0v) is 11.8. The largest absolute Gasteiger partial charge is 0.264 e. The summed E-state index contributed by atoms with van der Waals surface area (Å²) in [5.74, 6) is 0. The number of hydrogen-bond acceptors (Lipinski definition) is 2. The molecule has 0 fully saturated rings. The van der Waals surface area contributed by atoms with E-state index in [0.717, 1.165) is 5.56 Å². The average Bonchev–Trinajstić information content (AvgIpc) is 2.75. The summed E-state index contributed by atoms with van der Waals surface area (Å²) in [5.41, 5.74) is 2.75. The Kier molecular flexibility index (Phi) is 3.41. The zero-order valence-electron chi connectivity index (χ0n) is 11.8. The van der Waals surface area contributed by atoms with Crippen molar-refractivity contribution in [2.75, 3.05) is 0 Å². The summed E-state index contributed by atoms with van der Waals surface area (Å²) < 4.78 is 28.1. The summed E-state index contributed by atoms with van der Waals surface area (Å²) in [6.07, 6.45) is -2.53. The molecule has 0 saturated carbocycles. The van der Waals surface area contributed by atoms with Gasteiger partial charge in [-0.15, -0.1) is 0 Å². The van der Waals surface area contributed by atoms with E-state index < -0.39 is 6.43 Å². The highest BCUT2D eigenvalue weighted by Crippen LogP contribution is 2.30. The topological polar surface area (TPSA) is 30.7 Å². The van der Waals surface area contributed by atoms with E-state index in [1.54, 1.807) is 18.5 Å². The third-order valence-electron chi connectivity index (χ3n) is 3.45. The van der Waals surface area contributed by atoms with Crippen molar-refractivity contribution in [3.63, 3.8) is 0 Å². The number of halogens is 2. The molecule has 0 amide bonds. The van der Waals surface area contributed by atoms with Gasteiger partial charge < -0.3 is 0 Å². The van der Waals surface area contributed by atoms with Gasteiger partial charge in [0.25, 0.3) is 6.43 Å². The molecule has 2 aromatic heterocycles. The molecule has 0 atom stereocenters. The average molecular weight is 287 g/mol. The van der Waals surface area contributed by atoms with E-state index in [0.29, 0.717) is 29.0 Å². The van der Waals surface area contributed by atoms with Gasteiger partial charge in [0.1, 0.15) is 0 Å². The smallest absolute Gasteiger partial charge is 0.243 e. The number of alkyl halides is 2. The molecule has 21 heavy (non-hydrogen) atoms. The first-order chi connectivity index (χ1) is 10.1. The summed E-state index contributed by atoms with van der Waals surface area (Å²) in [6, 6.07) is 11.2. The maximum absolute atomic E-state index is 13.2. The van der Waals surface area contributed by atoms with Gasteiger partial charge in [-0.2, -0.15) is 5.10 Å². The van der Waals surface area contributed by atoms with Crippen LogP contribution in [0.25, 0.3) is 11.0 Å². The molecule has 1 aromatic carbocycles. The highest BCUT2D eigenvalue weighted by Gasteiger charge is 2.19. The lowest BCUT2D eigenvalue weighted by Crippen LogP contribution is -2.03. The Morgan fingerprint density at radius 1 is 1.14 bits per heavy atom. The molecule has 0 bridgehead atoms. The van der Waals surface area contributed by atoms with E-state index in [-0.39, 0.29) is 5.56 Å². The Labute approximate surface area is 121 Å². The van der Waals surface area contributed by atoms with Gasteiger partial charge in [-0.1, -0.05) is 30.3 Å². The second-order valence-corrected chi connectivity index (χ2v) is 5.08. The van der Waals surface area contributed by atoms with E-state index in [2.05, 4.69) is 10.1 Å². The van der Waals surface area contributed by atoms with Gasteiger partial charge in [-0.25, -0.2) is 18.4 Å². The normalized spacial score (nSPS) is 11.5. The summed E-state index contributed by atoms with van der Waals surface area (Å²) in [4.78, 5) is 4.40. The number of aryl methyl sites for hydroxylation is 2. The van der Waals surface area contributed by atoms with Gasteiger partial charge in [-0.3, -0.25) is 0 Å². The van der Waals surface area contributed by atoms with Crippen molar-refractivity contribution in [3.8, 4) is 0 Å². The Balaban J connectivity index is 2.17. The Bertz CT molecular complexity index is 779. The summed E-state index contributed by atoms with van der Waals surface area (Å²) in [7, 11) is 0. The van der Waals surface area contributed by atoms with Crippen LogP contribution in [0.4, 0.5) is 8.78 Å². The van der Waals surface area contributed by atoms with Crippen molar-refractivity contribution in [2.45, 2.75) is 26.8 Å². The van der Waals surface area contributed by atoms with Crippen LogP contribution in [0.1, 0.15) is 28.9 Å². The second-order valence-electron chi connectivity index (χ2n) is 5.08. The molecule has 3 aromatic rings. The fourth-order valence-electron chi connectivity index (χ4n) is 2.56. The summed E-state index contributed by atoms with van der Waals surface area (Å²) in [6.45, 7) is 3.98. The van der Waals surface area contributed by atoms with Crippen LogP contribution in [0.3, 0.4) is 0 Å². The molecule has 0 aliphatic rings. The number of fused-ring (bicyclic) bond motifs is 1. The first kappa shape index (κ1) is 13.7. The van der Waals surface area contributed by atoms with Crippen LogP contribution in [0, 0.1) is 13.8 Å². The van der Waals surface area contributed by atoms with Crippen LogP contribution >= 0.6 is 0 Å². The molecular formula is C16H15F2N3. The quantitative estimate of drug-likeness (QED) is 0.728. The van der Waals surface area contributed by atoms with E-state index >= 15 is 0 Å². The SMILES string of the molecule is Cc1cc(C(F)F)c2c(C)nn(Cc3ccccc3)c2n1. The van der Waals surface area contributed by atoms with Crippen LogP contribution in [-0.2, 0) is 6.54 Å². The fraction of sp³-hybridized carbons (Fsp3) is 0.250. The molecule has 2 heterocycles. The molecule has 0 unspecified atom stereocenters. The van der Waals surface area contributed by atoms with Gasteiger partial charge in [0.05, 0.1) is 17.6 Å². The van der Waals surface area contributed by atoms with E-state index in [9.17, 15) is 8.78 Å². The number of aromatic nitrogens is 3. The Morgan fingerprint density at radius 3 is 2.52 bits per heavy atom. The molecule has 3 nitrogen and oxygen atoms in total. The van der Waals surface area contributed by atoms with E-state index in [1.165, 1.54) is 6.07 Å². The standard InChI is InChI=1S/C16H15F2N3/c1-10-8-13(15(17)18)14-11(2)20-21(16(14)19-10)9-12-6-4-3-5-7-12/h3-8,15H,9H2,1-2H3. The van der Waals surface area contributed by atoms with Crippen molar-refractivity contribution >= 4 is 11.0 Å². The maximum atomic E-state index is 13.2. The molecule has 3 rings (SSSR count). The number of benzene rings is 1. The molecule has 0 saturated heterocycles. The predicted molar refractivity (Wildman–Crippen MR) is 77.5 cm³/mol. The maximum Gasteiger partial charge on any atom is 0.264 e. The molecule has 0 N–H and O–H groups in total.